The van der Waals surface area contributed by atoms with Crippen molar-refractivity contribution in [3.63, 3.8) is 0 Å². The Morgan fingerprint density at radius 3 is 2.52 bits per heavy atom. The Balaban J connectivity index is 1.25. The Hall–Kier alpha value is -5.01. The fraction of sp³-hybridized carbons (Fsp3) is 0.229. The molecule has 1 aliphatic rings. The molecule has 5 aromatic rings. The molecule has 1 unspecified atom stereocenters. The largest absolute Gasteiger partial charge is 0.493 e. The number of aromatic nitrogens is 3. The molecule has 1 aliphatic heterocycles. The standard InChI is InChI=1S/C35H33FN6O4S2/c1-21-7-8-22(2)27(16-21)41-32(19-37-34(44)24-11-14-29(45-3)30(17-24)46-4)38-39-35(41)48-20-33(43)42-28(23-9-12-25(36)13-10-23)18-26(40-42)31-6-5-15-47-31/h5-17,28H,18-20H2,1-4H3,(H,37,44). The second-order valence-electron chi connectivity index (χ2n) is 11.1. The number of carbonyl (C=O) groups excluding carboxylic acids is 2. The second-order valence-corrected chi connectivity index (χ2v) is 13.0. The van der Waals surface area contributed by atoms with E-state index in [2.05, 4.69) is 15.5 Å². The monoisotopic (exact) mass is 684 g/mol. The number of hydrogen-bond acceptors (Lipinski definition) is 9. The van der Waals surface area contributed by atoms with Crippen molar-refractivity contribution >= 4 is 40.6 Å². The van der Waals surface area contributed by atoms with Gasteiger partial charge in [0.2, 0.25) is 0 Å². The lowest BCUT2D eigenvalue weighted by Crippen LogP contribution is -2.28. The van der Waals surface area contributed by atoms with Crippen LogP contribution in [0, 0.1) is 19.7 Å². The zero-order valence-electron chi connectivity index (χ0n) is 26.8. The molecule has 246 valence electrons. The molecule has 1 N–H and O–H groups in total. The van der Waals surface area contributed by atoms with Gasteiger partial charge in [-0.3, -0.25) is 14.2 Å². The van der Waals surface area contributed by atoms with Crippen molar-refractivity contribution in [3.8, 4) is 17.2 Å². The first-order chi connectivity index (χ1) is 23.2. The summed E-state index contributed by atoms with van der Waals surface area (Å²) in [6.07, 6.45) is 0.519. The average Bonchev–Trinajstić information content (AvgIpc) is 3.88. The number of aryl methyl sites for hydroxylation is 2. The van der Waals surface area contributed by atoms with Gasteiger partial charge in [-0.25, -0.2) is 9.40 Å². The number of thiophene rings is 1. The summed E-state index contributed by atoms with van der Waals surface area (Å²) in [4.78, 5) is 28.0. The van der Waals surface area contributed by atoms with Gasteiger partial charge in [0.15, 0.2) is 22.5 Å². The third-order valence-electron chi connectivity index (χ3n) is 7.91. The highest BCUT2D eigenvalue weighted by atomic mass is 32.2. The minimum Gasteiger partial charge on any atom is -0.493 e. The zero-order chi connectivity index (χ0) is 33.8. The first-order valence-electron chi connectivity index (χ1n) is 15.1. The van der Waals surface area contributed by atoms with Crippen molar-refractivity contribution in [2.75, 3.05) is 20.0 Å². The maximum absolute atomic E-state index is 13.8. The second kappa shape index (κ2) is 14.4. The average molecular weight is 685 g/mol. The molecule has 48 heavy (non-hydrogen) atoms. The van der Waals surface area contributed by atoms with Crippen molar-refractivity contribution < 1.29 is 23.5 Å². The minimum absolute atomic E-state index is 0.0277. The molecule has 0 saturated heterocycles. The van der Waals surface area contributed by atoms with Crippen molar-refractivity contribution in [1.29, 1.82) is 0 Å². The molecule has 1 atom stereocenters. The maximum atomic E-state index is 13.8. The number of rotatable bonds is 11. The molecule has 0 saturated carbocycles. The van der Waals surface area contributed by atoms with Crippen LogP contribution in [0.25, 0.3) is 5.69 Å². The number of hydrogen-bond donors (Lipinski definition) is 1. The Kier molecular flexibility index (Phi) is 9.88. The van der Waals surface area contributed by atoms with Crippen LogP contribution in [0.2, 0.25) is 0 Å². The number of amides is 2. The van der Waals surface area contributed by atoms with Crippen LogP contribution in [0.4, 0.5) is 4.39 Å². The van der Waals surface area contributed by atoms with Crippen molar-refractivity contribution in [2.45, 2.75) is 38.0 Å². The highest BCUT2D eigenvalue weighted by Gasteiger charge is 2.34. The summed E-state index contributed by atoms with van der Waals surface area (Å²) in [5.41, 5.74) is 4.86. The maximum Gasteiger partial charge on any atom is 0.253 e. The SMILES string of the molecule is COc1ccc(C(=O)NCc2nnc(SCC(=O)N3N=C(c4cccs4)CC3c3ccc(F)cc3)n2-c2cc(C)ccc2C)cc1OC. The third kappa shape index (κ3) is 6.97. The number of carbonyl (C=O) groups is 2. The van der Waals surface area contributed by atoms with Crippen LogP contribution in [-0.2, 0) is 11.3 Å². The molecule has 0 fully saturated rings. The summed E-state index contributed by atoms with van der Waals surface area (Å²) in [6.45, 7) is 4.06. The number of hydrazone groups is 1. The van der Waals surface area contributed by atoms with Gasteiger partial charge in [0.05, 0.1) is 48.8 Å². The lowest BCUT2D eigenvalue weighted by molar-refractivity contribution is -0.130. The van der Waals surface area contributed by atoms with Crippen LogP contribution in [0.15, 0.2) is 88.4 Å². The van der Waals surface area contributed by atoms with Gasteiger partial charge >= 0.3 is 0 Å². The molecule has 0 bridgehead atoms. The quantitative estimate of drug-likeness (QED) is 0.158. The lowest BCUT2D eigenvalue weighted by atomic mass is 10.0. The summed E-state index contributed by atoms with van der Waals surface area (Å²) >= 11 is 2.80. The van der Waals surface area contributed by atoms with E-state index in [4.69, 9.17) is 14.6 Å². The van der Waals surface area contributed by atoms with E-state index < -0.39 is 0 Å². The smallest absolute Gasteiger partial charge is 0.253 e. The number of methoxy groups -OCH3 is 2. The van der Waals surface area contributed by atoms with E-state index in [1.165, 1.54) is 43.1 Å². The van der Waals surface area contributed by atoms with Gasteiger partial charge in [-0.2, -0.15) is 5.10 Å². The summed E-state index contributed by atoms with van der Waals surface area (Å²) in [5, 5.41) is 20.5. The van der Waals surface area contributed by atoms with Crippen molar-refractivity contribution in [2.24, 2.45) is 5.10 Å². The summed E-state index contributed by atoms with van der Waals surface area (Å²) in [6, 6.07) is 20.7. The van der Waals surface area contributed by atoms with Crippen molar-refractivity contribution in [1.82, 2.24) is 25.1 Å². The molecule has 3 heterocycles. The molecular weight excluding hydrogens is 652 g/mol. The van der Waals surface area contributed by atoms with Gasteiger partial charge in [0.25, 0.3) is 11.8 Å². The Labute approximate surface area is 285 Å². The van der Waals surface area contributed by atoms with E-state index in [1.54, 1.807) is 41.7 Å². The predicted molar refractivity (Wildman–Crippen MR) is 184 cm³/mol. The summed E-state index contributed by atoms with van der Waals surface area (Å²) in [5.74, 6) is 0.600. The minimum atomic E-state index is -0.366. The highest BCUT2D eigenvalue weighted by molar-refractivity contribution is 7.99. The van der Waals surface area contributed by atoms with Crippen molar-refractivity contribution in [3.05, 3.63) is 117 Å². The van der Waals surface area contributed by atoms with E-state index in [0.29, 0.717) is 34.5 Å². The van der Waals surface area contributed by atoms with E-state index >= 15 is 0 Å². The van der Waals surface area contributed by atoms with Gasteiger partial charge in [-0.1, -0.05) is 42.1 Å². The van der Waals surface area contributed by atoms with Crippen LogP contribution in [-0.4, -0.2) is 57.3 Å². The predicted octanol–water partition coefficient (Wildman–Crippen LogP) is 6.50. The summed E-state index contributed by atoms with van der Waals surface area (Å²) in [7, 11) is 3.04. The van der Waals surface area contributed by atoms with E-state index in [1.807, 2.05) is 54.1 Å². The first-order valence-corrected chi connectivity index (χ1v) is 17.0. The van der Waals surface area contributed by atoms with E-state index in [0.717, 1.165) is 33.0 Å². The third-order valence-corrected chi connectivity index (χ3v) is 9.74. The van der Waals surface area contributed by atoms with Crippen LogP contribution in [0.5, 0.6) is 11.5 Å². The van der Waals surface area contributed by atoms with Gasteiger partial charge < -0.3 is 14.8 Å². The molecular formula is C35H33FN6O4S2. The van der Waals surface area contributed by atoms with Gasteiger partial charge in [-0.15, -0.1) is 21.5 Å². The topological polar surface area (TPSA) is 111 Å². The number of nitrogens with zero attached hydrogens (tertiary/aromatic N) is 5. The van der Waals surface area contributed by atoms with Crippen LogP contribution >= 0.6 is 23.1 Å². The number of halogens is 1. The Morgan fingerprint density at radius 1 is 1.00 bits per heavy atom. The van der Waals surface area contributed by atoms with Gasteiger partial charge in [-0.05, 0) is 78.4 Å². The fourth-order valence-corrected chi connectivity index (χ4v) is 6.96. The molecule has 13 heteroatoms. The molecule has 2 amide bonds. The number of nitrogens with one attached hydrogen (secondary N) is 1. The van der Waals surface area contributed by atoms with E-state index in [9.17, 15) is 14.0 Å². The van der Waals surface area contributed by atoms with Crippen LogP contribution in [0.1, 0.15) is 50.2 Å². The fourth-order valence-electron chi connectivity index (χ4n) is 5.42. The Bertz CT molecular complexity index is 1980. The van der Waals surface area contributed by atoms with Gasteiger partial charge in [0.1, 0.15) is 5.82 Å². The van der Waals surface area contributed by atoms with Crippen LogP contribution < -0.4 is 14.8 Å². The molecule has 2 aromatic heterocycles. The highest BCUT2D eigenvalue weighted by Crippen LogP contribution is 2.35. The molecule has 0 spiro atoms. The number of ether oxygens (including phenoxy) is 2. The molecule has 0 aliphatic carbocycles. The first kappa shape index (κ1) is 32.9. The lowest BCUT2D eigenvalue weighted by Gasteiger charge is -2.22. The van der Waals surface area contributed by atoms with Crippen LogP contribution in [0.3, 0.4) is 0 Å². The van der Waals surface area contributed by atoms with E-state index in [-0.39, 0.29) is 36.0 Å². The number of thioether (sulfide) groups is 1. The normalized spacial score (nSPS) is 14.1. The zero-order valence-corrected chi connectivity index (χ0v) is 28.4. The molecule has 0 radical (unpaired) electrons. The molecule has 6 rings (SSSR count). The summed E-state index contributed by atoms with van der Waals surface area (Å²) < 4.78 is 26.3. The molecule has 3 aromatic carbocycles. The number of benzene rings is 3. The molecule has 10 nitrogen and oxygen atoms in total. The Morgan fingerprint density at radius 2 is 1.79 bits per heavy atom. The van der Waals surface area contributed by atoms with Gasteiger partial charge in [0, 0.05) is 12.0 Å².